The van der Waals surface area contributed by atoms with Gasteiger partial charge in [0.25, 0.3) is 0 Å². The number of piperidine rings is 1. The van der Waals surface area contributed by atoms with Crippen LogP contribution in [0, 0.1) is 0 Å². The van der Waals surface area contributed by atoms with E-state index in [9.17, 15) is 4.79 Å². The van der Waals surface area contributed by atoms with Crippen LogP contribution < -0.4 is 0 Å². The zero-order valence-electron chi connectivity index (χ0n) is 9.69. The third-order valence-electron chi connectivity index (χ3n) is 3.22. The Morgan fingerprint density at radius 1 is 1.62 bits per heavy atom. The molecule has 4 heteroatoms. The summed E-state index contributed by atoms with van der Waals surface area (Å²) in [7, 11) is 2.20. The van der Waals surface area contributed by atoms with E-state index in [0.717, 1.165) is 18.4 Å². The Morgan fingerprint density at radius 3 is 3.25 bits per heavy atom. The maximum atomic E-state index is 10.4. The van der Waals surface area contributed by atoms with Crippen LogP contribution in [0.4, 0.5) is 0 Å². The van der Waals surface area contributed by atoms with Gasteiger partial charge in [-0.25, -0.2) is 4.98 Å². The summed E-state index contributed by atoms with van der Waals surface area (Å²) in [5.74, 6) is 0. The second-order valence-electron chi connectivity index (χ2n) is 4.44. The molecule has 16 heavy (non-hydrogen) atoms. The highest BCUT2D eigenvalue weighted by molar-refractivity contribution is 7.09. The lowest BCUT2D eigenvalue weighted by Gasteiger charge is -2.31. The fourth-order valence-corrected chi connectivity index (χ4v) is 3.10. The molecule has 1 aromatic rings. The van der Waals surface area contributed by atoms with Crippen LogP contribution in [0.2, 0.25) is 0 Å². The van der Waals surface area contributed by atoms with Crippen LogP contribution in [0.15, 0.2) is 5.38 Å². The Labute approximate surface area is 100 Å². The van der Waals surface area contributed by atoms with Crippen molar-refractivity contribution in [2.45, 2.75) is 38.1 Å². The predicted molar refractivity (Wildman–Crippen MR) is 65.9 cm³/mol. The first-order valence-electron chi connectivity index (χ1n) is 5.86. The number of carbonyl (C=O) groups excluding carboxylic acids is 1. The van der Waals surface area contributed by atoms with Gasteiger partial charge in [0.15, 0.2) is 0 Å². The molecule has 1 aliphatic heterocycles. The number of carbonyl (C=O) groups is 1. The molecule has 3 nitrogen and oxygen atoms in total. The number of aromatic nitrogens is 1. The smallest absolute Gasteiger partial charge is 0.125 e. The Bertz CT molecular complexity index is 351. The van der Waals surface area contributed by atoms with Gasteiger partial charge in [-0.3, -0.25) is 0 Å². The Balaban J connectivity index is 1.94. The van der Waals surface area contributed by atoms with E-state index in [1.54, 1.807) is 11.3 Å². The molecule has 0 saturated carbocycles. The number of hydrogen-bond donors (Lipinski definition) is 0. The zero-order valence-corrected chi connectivity index (χ0v) is 10.5. The minimum atomic E-state index is 0.455. The average molecular weight is 238 g/mol. The van der Waals surface area contributed by atoms with Crippen molar-refractivity contribution in [3.8, 4) is 0 Å². The minimum absolute atomic E-state index is 0.455. The highest BCUT2D eigenvalue weighted by Gasteiger charge is 2.20. The summed E-state index contributed by atoms with van der Waals surface area (Å²) < 4.78 is 0. The van der Waals surface area contributed by atoms with Gasteiger partial charge in [0.1, 0.15) is 6.29 Å². The largest absolute Gasteiger partial charge is 0.303 e. The van der Waals surface area contributed by atoms with Crippen molar-refractivity contribution in [1.29, 1.82) is 0 Å². The molecule has 88 valence electrons. The standard InChI is InChI=1S/C12H18N2OS/c1-14-6-3-2-4-11(14)8-12-13-10(5-7-15)9-16-12/h7,9,11H,2-6,8H2,1H3. The molecule has 0 bridgehead atoms. The normalized spacial score (nSPS) is 22.2. The number of nitrogens with zero attached hydrogens (tertiary/aromatic N) is 2. The van der Waals surface area contributed by atoms with E-state index in [2.05, 4.69) is 16.9 Å². The lowest BCUT2D eigenvalue weighted by atomic mass is 10.0. The first-order chi connectivity index (χ1) is 7.79. The van der Waals surface area contributed by atoms with Crippen LogP contribution in [0.3, 0.4) is 0 Å². The highest BCUT2D eigenvalue weighted by Crippen LogP contribution is 2.21. The van der Waals surface area contributed by atoms with Gasteiger partial charge in [0.05, 0.1) is 10.7 Å². The van der Waals surface area contributed by atoms with Gasteiger partial charge in [-0.15, -0.1) is 11.3 Å². The van der Waals surface area contributed by atoms with Crippen molar-refractivity contribution >= 4 is 17.6 Å². The van der Waals surface area contributed by atoms with Crippen molar-refractivity contribution in [3.63, 3.8) is 0 Å². The summed E-state index contributed by atoms with van der Waals surface area (Å²) in [5.41, 5.74) is 0.925. The molecule has 1 atom stereocenters. The van der Waals surface area contributed by atoms with E-state index in [1.165, 1.54) is 30.8 Å². The van der Waals surface area contributed by atoms with Crippen molar-refractivity contribution in [2.24, 2.45) is 0 Å². The minimum Gasteiger partial charge on any atom is -0.303 e. The molecule has 0 spiro atoms. The molecule has 0 amide bonds. The van der Waals surface area contributed by atoms with Crippen LogP contribution in [0.5, 0.6) is 0 Å². The van der Waals surface area contributed by atoms with Gasteiger partial charge >= 0.3 is 0 Å². The number of likely N-dealkylation sites (tertiary alicyclic amines) is 1. The van der Waals surface area contributed by atoms with Crippen LogP contribution in [-0.4, -0.2) is 35.8 Å². The van der Waals surface area contributed by atoms with E-state index in [-0.39, 0.29) is 0 Å². The number of aldehydes is 1. The van der Waals surface area contributed by atoms with Gasteiger partial charge in [-0.1, -0.05) is 6.42 Å². The van der Waals surface area contributed by atoms with Gasteiger partial charge in [0.2, 0.25) is 0 Å². The molecule has 0 N–H and O–H groups in total. The van der Waals surface area contributed by atoms with Crippen LogP contribution in [0.25, 0.3) is 0 Å². The molecule has 0 aliphatic carbocycles. The van der Waals surface area contributed by atoms with Gasteiger partial charge in [-0.2, -0.15) is 0 Å². The quantitative estimate of drug-likeness (QED) is 0.751. The molecule has 1 aromatic heterocycles. The first kappa shape index (κ1) is 11.7. The van der Waals surface area contributed by atoms with Crippen molar-refractivity contribution < 1.29 is 4.79 Å². The molecular weight excluding hydrogens is 220 g/mol. The first-order valence-corrected chi connectivity index (χ1v) is 6.74. The van der Waals surface area contributed by atoms with Crippen LogP contribution >= 0.6 is 11.3 Å². The molecule has 1 aliphatic rings. The predicted octanol–water partition coefficient (Wildman–Crippen LogP) is 1.91. The number of likely N-dealkylation sites (N-methyl/N-ethyl adjacent to an activating group) is 1. The lowest BCUT2D eigenvalue weighted by molar-refractivity contribution is -0.107. The maximum Gasteiger partial charge on any atom is 0.125 e. The summed E-state index contributed by atoms with van der Waals surface area (Å²) in [6.07, 6.45) is 6.35. The fraction of sp³-hybridized carbons (Fsp3) is 0.667. The van der Waals surface area contributed by atoms with Crippen LogP contribution in [-0.2, 0) is 17.6 Å². The van der Waals surface area contributed by atoms with E-state index in [1.807, 2.05) is 5.38 Å². The van der Waals surface area contributed by atoms with Crippen molar-refractivity contribution in [2.75, 3.05) is 13.6 Å². The summed E-state index contributed by atoms with van der Waals surface area (Å²) in [6, 6.07) is 0.643. The van der Waals surface area contributed by atoms with Crippen molar-refractivity contribution in [3.05, 3.63) is 16.1 Å². The van der Waals surface area contributed by atoms with Gasteiger partial charge in [-0.05, 0) is 26.4 Å². The Morgan fingerprint density at radius 2 is 2.50 bits per heavy atom. The topological polar surface area (TPSA) is 33.2 Å². The molecular formula is C12H18N2OS. The molecule has 0 radical (unpaired) electrons. The van der Waals surface area contributed by atoms with E-state index < -0.39 is 0 Å². The Hall–Kier alpha value is -0.740. The van der Waals surface area contributed by atoms with Crippen LogP contribution in [0.1, 0.15) is 30.0 Å². The zero-order chi connectivity index (χ0) is 11.4. The summed E-state index contributed by atoms with van der Waals surface area (Å²) in [4.78, 5) is 17.3. The summed E-state index contributed by atoms with van der Waals surface area (Å²) in [5, 5.41) is 3.18. The monoisotopic (exact) mass is 238 g/mol. The van der Waals surface area contributed by atoms with Gasteiger partial charge in [0, 0.05) is 24.3 Å². The highest BCUT2D eigenvalue weighted by atomic mass is 32.1. The maximum absolute atomic E-state index is 10.4. The van der Waals surface area contributed by atoms with Gasteiger partial charge < -0.3 is 9.69 Å². The van der Waals surface area contributed by atoms with E-state index >= 15 is 0 Å². The number of rotatable bonds is 4. The van der Waals surface area contributed by atoms with E-state index in [0.29, 0.717) is 12.5 Å². The second-order valence-corrected chi connectivity index (χ2v) is 5.38. The molecule has 1 unspecified atom stereocenters. The SMILES string of the molecule is CN1CCCCC1Cc1nc(CC=O)cs1. The molecule has 2 heterocycles. The fourth-order valence-electron chi connectivity index (χ4n) is 2.23. The van der Waals surface area contributed by atoms with Crippen molar-refractivity contribution in [1.82, 2.24) is 9.88 Å². The number of hydrogen-bond acceptors (Lipinski definition) is 4. The third kappa shape index (κ3) is 2.89. The van der Waals surface area contributed by atoms with E-state index in [4.69, 9.17) is 0 Å². The Kier molecular flexibility index (Phi) is 4.07. The molecule has 0 aromatic carbocycles. The summed E-state index contributed by atoms with van der Waals surface area (Å²) in [6.45, 7) is 1.21. The molecule has 1 saturated heterocycles. The average Bonchev–Trinajstić information content (AvgIpc) is 2.70. The molecule has 2 rings (SSSR count). The number of thiazole rings is 1. The second kappa shape index (κ2) is 5.55. The lowest BCUT2D eigenvalue weighted by Crippen LogP contribution is -2.37. The third-order valence-corrected chi connectivity index (χ3v) is 4.14. The molecule has 1 fully saturated rings. The summed E-state index contributed by atoms with van der Waals surface area (Å²) >= 11 is 1.69.